The molecule has 1 aliphatic heterocycles. The van der Waals surface area contributed by atoms with Crippen LogP contribution in [0.2, 0.25) is 0 Å². The zero-order valence-electron chi connectivity index (χ0n) is 10.6. The lowest BCUT2D eigenvalue weighted by Crippen LogP contribution is -2.24. The van der Waals surface area contributed by atoms with Crippen LogP contribution in [0.4, 0.5) is 5.13 Å². The van der Waals surface area contributed by atoms with Crippen LogP contribution in [0, 0.1) is 0 Å². The maximum atomic E-state index is 12.1. The van der Waals surface area contributed by atoms with Crippen LogP contribution in [0.5, 0.6) is 0 Å². The molecule has 7 heteroatoms. The van der Waals surface area contributed by atoms with Gasteiger partial charge >= 0.3 is 0 Å². The molecule has 0 saturated carbocycles. The summed E-state index contributed by atoms with van der Waals surface area (Å²) in [5, 5.41) is 0.811. The van der Waals surface area contributed by atoms with Gasteiger partial charge < -0.3 is 0 Å². The number of thiazole rings is 1. The minimum atomic E-state index is 0.0405. The predicted octanol–water partition coefficient (Wildman–Crippen LogP) is 3.44. The Bertz CT molecular complexity index is 701. The molecule has 104 valence electrons. The van der Waals surface area contributed by atoms with E-state index in [0.717, 1.165) is 19.8 Å². The lowest BCUT2D eigenvalue weighted by molar-refractivity contribution is -0.117. The van der Waals surface area contributed by atoms with Gasteiger partial charge in [0, 0.05) is 29.6 Å². The number of rotatable bonds is 2. The molecule has 1 amide bonds. The van der Waals surface area contributed by atoms with Crippen molar-refractivity contribution in [2.75, 3.05) is 11.4 Å². The Hall–Kier alpha value is -0.920. The fraction of sp³-hybridized carbons (Fsp3) is 0.308. The number of amides is 1. The number of halogens is 1. The van der Waals surface area contributed by atoms with E-state index in [-0.39, 0.29) is 16.3 Å². The molecule has 1 atom stereocenters. The fourth-order valence-electron chi connectivity index (χ4n) is 2.18. The Morgan fingerprint density at radius 2 is 2.35 bits per heavy atom. The van der Waals surface area contributed by atoms with Gasteiger partial charge in [0.1, 0.15) is 0 Å². The van der Waals surface area contributed by atoms with Crippen LogP contribution in [0.3, 0.4) is 0 Å². The van der Waals surface area contributed by atoms with Crippen molar-refractivity contribution < 1.29 is 9.59 Å². The highest BCUT2D eigenvalue weighted by Gasteiger charge is 2.33. The van der Waals surface area contributed by atoms with E-state index in [9.17, 15) is 9.59 Å². The molecule has 1 aromatic carbocycles. The molecule has 1 aliphatic rings. The number of hydrogen-bond donors (Lipinski definition) is 0. The highest BCUT2D eigenvalue weighted by Crippen LogP contribution is 2.35. The minimum absolute atomic E-state index is 0.0405. The topological polar surface area (TPSA) is 50.3 Å². The van der Waals surface area contributed by atoms with Gasteiger partial charge in [-0.1, -0.05) is 39.0 Å². The third kappa shape index (κ3) is 2.75. The van der Waals surface area contributed by atoms with Gasteiger partial charge in [-0.15, -0.1) is 0 Å². The number of carbonyl (C=O) groups is 2. The molecule has 0 radical (unpaired) electrons. The first-order valence-corrected chi connectivity index (χ1v) is 8.55. The van der Waals surface area contributed by atoms with Gasteiger partial charge in [-0.3, -0.25) is 14.5 Å². The standard InChI is InChI=1S/C13H11BrN2O2S2/c1-7(17)19-9-5-12(18)16(6-9)13-15-10-3-2-8(14)4-11(10)20-13/h2-4,9H,5-6H2,1H3. The fourth-order valence-corrected chi connectivity index (χ4v) is 4.64. The molecular weight excluding hydrogens is 360 g/mol. The summed E-state index contributed by atoms with van der Waals surface area (Å²) in [6.07, 6.45) is 0.407. The van der Waals surface area contributed by atoms with E-state index in [0.29, 0.717) is 13.0 Å². The van der Waals surface area contributed by atoms with E-state index in [1.807, 2.05) is 18.2 Å². The second-order valence-electron chi connectivity index (χ2n) is 4.55. The van der Waals surface area contributed by atoms with Crippen LogP contribution in [-0.2, 0) is 9.59 Å². The van der Waals surface area contributed by atoms with Crippen LogP contribution in [0.25, 0.3) is 10.2 Å². The van der Waals surface area contributed by atoms with Gasteiger partial charge in [-0.25, -0.2) is 4.98 Å². The van der Waals surface area contributed by atoms with Crippen molar-refractivity contribution in [2.45, 2.75) is 18.6 Å². The summed E-state index contributed by atoms with van der Waals surface area (Å²) in [6, 6.07) is 5.87. The number of aromatic nitrogens is 1. The van der Waals surface area contributed by atoms with Crippen molar-refractivity contribution in [1.82, 2.24) is 4.98 Å². The van der Waals surface area contributed by atoms with Gasteiger partial charge in [0.15, 0.2) is 10.2 Å². The number of fused-ring (bicyclic) bond motifs is 1. The van der Waals surface area contributed by atoms with E-state index in [2.05, 4.69) is 20.9 Å². The second kappa shape index (κ2) is 5.46. The lowest BCUT2D eigenvalue weighted by atomic mass is 10.3. The predicted molar refractivity (Wildman–Crippen MR) is 86.4 cm³/mol. The van der Waals surface area contributed by atoms with Crippen LogP contribution in [0.1, 0.15) is 13.3 Å². The van der Waals surface area contributed by atoms with E-state index in [1.165, 1.54) is 30.0 Å². The molecule has 20 heavy (non-hydrogen) atoms. The number of carbonyl (C=O) groups excluding carboxylic acids is 2. The molecular formula is C13H11BrN2O2S2. The Balaban J connectivity index is 1.87. The summed E-state index contributed by atoms with van der Waals surface area (Å²) in [6.45, 7) is 2.09. The average molecular weight is 371 g/mol. The van der Waals surface area contributed by atoms with Crippen molar-refractivity contribution in [1.29, 1.82) is 0 Å². The van der Waals surface area contributed by atoms with Gasteiger partial charge in [0.25, 0.3) is 0 Å². The van der Waals surface area contributed by atoms with Gasteiger partial charge in [-0.2, -0.15) is 0 Å². The lowest BCUT2D eigenvalue weighted by Gasteiger charge is -2.11. The van der Waals surface area contributed by atoms with Crippen molar-refractivity contribution >= 4 is 65.4 Å². The third-order valence-electron chi connectivity index (χ3n) is 2.99. The highest BCUT2D eigenvalue weighted by molar-refractivity contribution is 9.10. The first-order chi connectivity index (χ1) is 9.52. The summed E-state index contributed by atoms with van der Waals surface area (Å²) < 4.78 is 2.04. The molecule has 0 bridgehead atoms. The second-order valence-corrected chi connectivity index (χ2v) is 7.95. The normalized spacial score (nSPS) is 19.0. The number of anilines is 1. The van der Waals surface area contributed by atoms with Crippen molar-refractivity contribution in [3.63, 3.8) is 0 Å². The Kier molecular flexibility index (Phi) is 3.83. The smallest absolute Gasteiger partial charge is 0.230 e. The van der Waals surface area contributed by atoms with Crippen molar-refractivity contribution in [3.05, 3.63) is 22.7 Å². The summed E-state index contributed by atoms with van der Waals surface area (Å²) in [7, 11) is 0. The molecule has 1 saturated heterocycles. The maximum absolute atomic E-state index is 12.1. The zero-order chi connectivity index (χ0) is 14.3. The molecule has 0 spiro atoms. The quantitative estimate of drug-likeness (QED) is 0.812. The average Bonchev–Trinajstić information content (AvgIpc) is 2.91. The van der Waals surface area contributed by atoms with Gasteiger partial charge in [0.05, 0.1) is 10.2 Å². The highest BCUT2D eigenvalue weighted by atomic mass is 79.9. The first kappa shape index (κ1) is 14.0. The first-order valence-electron chi connectivity index (χ1n) is 6.06. The summed E-state index contributed by atoms with van der Waals surface area (Å²) >= 11 is 6.18. The molecule has 3 rings (SSSR count). The van der Waals surface area contributed by atoms with Crippen molar-refractivity contribution in [3.8, 4) is 0 Å². The summed E-state index contributed by atoms with van der Waals surface area (Å²) in [5.41, 5.74) is 0.892. The molecule has 0 N–H and O–H groups in total. The van der Waals surface area contributed by atoms with Crippen LogP contribution >= 0.6 is 39.0 Å². The SMILES string of the molecule is CC(=O)SC1CC(=O)N(c2nc3ccc(Br)cc3s2)C1. The molecule has 2 heterocycles. The van der Waals surface area contributed by atoms with Crippen LogP contribution < -0.4 is 4.90 Å². The number of hydrogen-bond acceptors (Lipinski definition) is 5. The zero-order valence-corrected chi connectivity index (χ0v) is 13.8. The monoisotopic (exact) mass is 370 g/mol. The number of thioether (sulfide) groups is 1. The molecule has 0 aliphatic carbocycles. The summed E-state index contributed by atoms with van der Waals surface area (Å²) in [5.74, 6) is 0.0434. The van der Waals surface area contributed by atoms with Gasteiger partial charge in [0.2, 0.25) is 5.91 Å². The molecule has 1 fully saturated rings. The van der Waals surface area contributed by atoms with Crippen molar-refractivity contribution in [2.24, 2.45) is 0 Å². The van der Waals surface area contributed by atoms with E-state index >= 15 is 0 Å². The minimum Gasteiger partial charge on any atom is -0.288 e. The van der Waals surface area contributed by atoms with Crippen LogP contribution in [-0.4, -0.2) is 27.8 Å². The van der Waals surface area contributed by atoms with Crippen LogP contribution in [0.15, 0.2) is 22.7 Å². The Labute approximate surface area is 132 Å². The van der Waals surface area contributed by atoms with E-state index < -0.39 is 0 Å². The number of nitrogens with zero attached hydrogens (tertiary/aromatic N) is 2. The van der Waals surface area contributed by atoms with Gasteiger partial charge in [-0.05, 0) is 18.2 Å². The third-order valence-corrected chi connectivity index (χ3v) is 5.51. The molecule has 4 nitrogen and oxygen atoms in total. The molecule has 1 unspecified atom stereocenters. The largest absolute Gasteiger partial charge is 0.288 e. The Morgan fingerprint density at radius 1 is 1.55 bits per heavy atom. The number of benzene rings is 1. The maximum Gasteiger partial charge on any atom is 0.230 e. The molecule has 1 aromatic heterocycles. The summed E-state index contributed by atoms with van der Waals surface area (Å²) in [4.78, 5) is 29.4. The van der Waals surface area contributed by atoms with E-state index in [4.69, 9.17) is 0 Å². The Morgan fingerprint density at radius 3 is 3.10 bits per heavy atom. The van der Waals surface area contributed by atoms with E-state index in [1.54, 1.807) is 4.90 Å². The molecule has 2 aromatic rings.